The third kappa shape index (κ3) is 4.20. The summed E-state index contributed by atoms with van der Waals surface area (Å²) in [7, 11) is 0. The van der Waals surface area contributed by atoms with Gasteiger partial charge in [0.25, 0.3) is 11.5 Å². The molecule has 0 spiro atoms. The van der Waals surface area contributed by atoms with Crippen molar-refractivity contribution in [1.82, 2.24) is 15.1 Å². The van der Waals surface area contributed by atoms with Gasteiger partial charge in [-0.15, -0.1) is 0 Å². The molecule has 1 aliphatic rings. The molecule has 1 amide bonds. The van der Waals surface area contributed by atoms with Gasteiger partial charge in [0, 0.05) is 36.3 Å². The van der Waals surface area contributed by atoms with Crippen LogP contribution in [0.1, 0.15) is 47.4 Å². The van der Waals surface area contributed by atoms with E-state index >= 15 is 0 Å². The van der Waals surface area contributed by atoms with Crippen LogP contribution < -0.4 is 5.56 Å². The number of aryl methyl sites for hydroxylation is 1. The second kappa shape index (κ2) is 6.88. The number of fused-ring (bicyclic) bond motifs is 1. The summed E-state index contributed by atoms with van der Waals surface area (Å²) in [5, 5.41) is 15.3. The van der Waals surface area contributed by atoms with Crippen molar-refractivity contribution < 1.29 is 9.90 Å². The standard InChI is InChI=1S/C19H25N3O3/c1-19(2,25)10-7-13-3-5-14(6-4-13)18(24)22-11-8-15-16(9-12-22)20-21-17(15)23/h3-6,25H,7-12H2,1-2H3,(H2,20,21,23). The minimum Gasteiger partial charge on any atom is -0.390 e. The maximum atomic E-state index is 12.7. The molecular weight excluding hydrogens is 318 g/mol. The van der Waals surface area contributed by atoms with Gasteiger partial charge in [0.05, 0.1) is 5.60 Å². The molecule has 3 N–H and O–H groups in total. The molecule has 0 aliphatic carbocycles. The number of rotatable bonds is 4. The van der Waals surface area contributed by atoms with Gasteiger partial charge < -0.3 is 15.1 Å². The summed E-state index contributed by atoms with van der Waals surface area (Å²) in [5.74, 6) is -0.00406. The van der Waals surface area contributed by atoms with Crippen molar-refractivity contribution >= 4 is 5.91 Å². The first-order valence-electron chi connectivity index (χ1n) is 8.72. The number of benzene rings is 1. The molecule has 2 aromatic rings. The smallest absolute Gasteiger partial charge is 0.267 e. The normalized spacial score (nSPS) is 14.9. The number of amides is 1. The Hall–Kier alpha value is -2.34. The summed E-state index contributed by atoms with van der Waals surface area (Å²) < 4.78 is 0. The average molecular weight is 343 g/mol. The minimum absolute atomic E-state index is 0.00406. The lowest BCUT2D eigenvalue weighted by Gasteiger charge is -2.20. The highest BCUT2D eigenvalue weighted by atomic mass is 16.3. The number of aromatic nitrogens is 2. The maximum Gasteiger partial charge on any atom is 0.267 e. The molecule has 0 saturated heterocycles. The van der Waals surface area contributed by atoms with Crippen molar-refractivity contribution in [2.24, 2.45) is 0 Å². The predicted octanol–water partition coefficient (Wildman–Crippen LogP) is 1.65. The third-order valence-electron chi connectivity index (χ3n) is 4.74. The molecule has 0 radical (unpaired) electrons. The summed E-state index contributed by atoms with van der Waals surface area (Å²) >= 11 is 0. The lowest BCUT2D eigenvalue weighted by atomic mass is 9.98. The van der Waals surface area contributed by atoms with Crippen LogP contribution in [0.3, 0.4) is 0 Å². The Labute approximate surface area is 146 Å². The van der Waals surface area contributed by atoms with Gasteiger partial charge in [0.1, 0.15) is 0 Å². The molecule has 2 heterocycles. The number of nitrogens with one attached hydrogen (secondary N) is 2. The zero-order chi connectivity index (χ0) is 18.0. The number of hydrogen-bond acceptors (Lipinski definition) is 3. The summed E-state index contributed by atoms with van der Waals surface area (Å²) in [6, 6.07) is 7.59. The Balaban J connectivity index is 1.64. The Kier molecular flexibility index (Phi) is 4.81. The number of aromatic amines is 2. The van der Waals surface area contributed by atoms with E-state index in [0.29, 0.717) is 37.9 Å². The molecule has 3 rings (SSSR count). The van der Waals surface area contributed by atoms with E-state index in [1.54, 1.807) is 18.7 Å². The molecule has 134 valence electrons. The van der Waals surface area contributed by atoms with Gasteiger partial charge in [-0.25, -0.2) is 0 Å². The van der Waals surface area contributed by atoms with E-state index in [-0.39, 0.29) is 11.5 Å². The van der Waals surface area contributed by atoms with Gasteiger partial charge in [-0.3, -0.25) is 14.7 Å². The Morgan fingerprint density at radius 1 is 1.16 bits per heavy atom. The molecule has 6 nitrogen and oxygen atoms in total. The van der Waals surface area contributed by atoms with Crippen LogP contribution in [0.25, 0.3) is 0 Å². The summed E-state index contributed by atoms with van der Waals surface area (Å²) in [5.41, 5.74) is 2.66. The highest BCUT2D eigenvalue weighted by molar-refractivity contribution is 5.94. The SMILES string of the molecule is CC(C)(O)CCc1ccc(C(=O)N2CCc3[nH][nH]c(=O)c3CC2)cc1. The van der Waals surface area contributed by atoms with Crippen molar-refractivity contribution in [3.05, 3.63) is 57.0 Å². The van der Waals surface area contributed by atoms with Gasteiger partial charge in [0.2, 0.25) is 0 Å². The molecule has 1 aromatic heterocycles. The molecule has 0 unspecified atom stereocenters. The lowest BCUT2D eigenvalue weighted by molar-refractivity contribution is 0.0712. The van der Waals surface area contributed by atoms with Crippen LogP contribution in [-0.4, -0.2) is 44.8 Å². The third-order valence-corrected chi connectivity index (χ3v) is 4.74. The summed E-state index contributed by atoms with van der Waals surface area (Å²) in [6.45, 7) is 4.74. The van der Waals surface area contributed by atoms with Crippen LogP contribution >= 0.6 is 0 Å². The first kappa shape index (κ1) is 17.5. The molecule has 1 aliphatic heterocycles. The molecule has 0 saturated carbocycles. The van der Waals surface area contributed by atoms with Gasteiger partial charge in [0.15, 0.2) is 0 Å². The number of nitrogens with zero attached hydrogens (tertiary/aromatic N) is 1. The van der Waals surface area contributed by atoms with Gasteiger partial charge in [-0.2, -0.15) is 0 Å². The first-order chi connectivity index (χ1) is 11.8. The van der Waals surface area contributed by atoms with Crippen LogP contribution in [0.15, 0.2) is 29.1 Å². The first-order valence-corrected chi connectivity index (χ1v) is 8.72. The van der Waals surface area contributed by atoms with E-state index in [9.17, 15) is 14.7 Å². The van der Waals surface area contributed by atoms with E-state index in [2.05, 4.69) is 10.2 Å². The average Bonchev–Trinajstić information content (AvgIpc) is 2.80. The monoisotopic (exact) mass is 343 g/mol. The highest BCUT2D eigenvalue weighted by Gasteiger charge is 2.22. The molecule has 6 heteroatoms. The van der Waals surface area contributed by atoms with Crippen molar-refractivity contribution in [3.63, 3.8) is 0 Å². The lowest BCUT2D eigenvalue weighted by Crippen LogP contribution is -2.33. The van der Waals surface area contributed by atoms with Crippen molar-refractivity contribution in [2.75, 3.05) is 13.1 Å². The summed E-state index contributed by atoms with van der Waals surface area (Å²) in [6.07, 6.45) is 2.69. The zero-order valence-electron chi connectivity index (χ0n) is 14.8. The number of carbonyl (C=O) groups excluding carboxylic acids is 1. The van der Waals surface area contributed by atoms with E-state index in [1.807, 2.05) is 24.3 Å². The van der Waals surface area contributed by atoms with Crippen LogP contribution in [0.4, 0.5) is 0 Å². The van der Waals surface area contributed by atoms with Crippen LogP contribution in [0, 0.1) is 0 Å². The highest BCUT2D eigenvalue weighted by Crippen LogP contribution is 2.16. The molecule has 1 aromatic carbocycles. The van der Waals surface area contributed by atoms with Gasteiger partial charge >= 0.3 is 0 Å². The van der Waals surface area contributed by atoms with Crippen LogP contribution in [0.2, 0.25) is 0 Å². The topological polar surface area (TPSA) is 89.2 Å². The molecule has 0 atom stereocenters. The fourth-order valence-electron chi connectivity index (χ4n) is 3.15. The molecular formula is C19H25N3O3. The van der Waals surface area contributed by atoms with Gasteiger partial charge in [-0.05, 0) is 50.8 Å². The Bertz CT molecular complexity index is 797. The maximum absolute atomic E-state index is 12.7. The zero-order valence-corrected chi connectivity index (χ0v) is 14.8. The van der Waals surface area contributed by atoms with E-state index in [0.717, 1.165) is 23.2 Å². The fraction of sp³-hybridized carbons (Fsp3) is 0.474. The second-order valence-electron chi connectivity index (χ2n) is 7.34. The van der Waals surface area contributed by atoms with Crippen molar-refractivity contribution in [3.8, 4) is 0 Å². The van der Waals surface area contributed by atoms with Crippen molar-refractivity contribution in [2.45, 2.75) is 45.1 Å². The van der Waals surface area contributed by atoms with Crippen LogP contribution in [0.5, 0.6) is 0 Å². The number of carbonyl (C=O) groups is 1. The number of aliphatic hydroxyl groups is 1. The minimum atomic E-state index is -0.686. The number of H-pyrrole nitrogens is 2. The van der Waals surface area contributed by atoms with Gasteiger partial charge in [-0.1, -0.05) is 12.1 Å². The molecule has 25 heavy (non-hydrogen) atoms. The Morgan fingerprint density at radius 3 is 2.52 bits per heavy atom. The predicted molar refractivity (Wildman–Crippen MR) is 95.8 cm³/mol. The molecule has 0 bridgehead atoms. The largest absolute Gasteiger partial charge is 0.390 e. The second-order valence-corrected chi connectivity index (χ2v) is 7.34. The fourth-order valence-corrected chi connectivity index (χ4v) is 3.15. The quantitative estimate of drug-likeness (QED) is 0.788. The van der Waals surface area contributed by atoms with E-state index in [1.165, 1.54) is 0 Å². The molecule has 0 fully saturated rings. The number of hydrogen-bond donors (Lipinski definition) is 3. The summed E-state index contributed by atoms with van der Waals surface area (Å²) in [4.78, 5) is 26.3. The van der Waals surface area contributed by atoms with E-state index in [4.69, 9.17) is 0 Å². The van der Waals surface area contributed by atoms with Crippen molar-refractivity contribution in [1.29, 1.82) is 0 Å². The Morgan fingerprint density at radius 2 is 1.84 bits per heavy atom. The van der Waals surface area contributed by atoms with E-state index < -0.39 is 5.60 Å². The van der Waals surface area contributed by atoms with Crippen LogP contribution in [-0.2, 0) is 19.3 Å².